The second-order valence-electron chi connectivity index (χ2n) is 3.13. The van der Waals surface area contributed by atoms with Gasteiger partial charge in [0.25, 0.3) is 0 Å². The Balaban J connectivity index is 2.11. The maximum atomic E-state index is 3.64. The average molecular weight is 142 g/mol. The highest BCUT2D eigenvalue weighted by atomic mass is 28.3. The van der Waals surface area contributed by atoms with Crippen LogP contribution in [0.15, 0.2) is 0 Å². The molecule has 0 heterocycles. The monoisotopic (exact) mass is 142 g/mol. The van der Waals surface area contributed by atoms with E-state index in [4.69, 9.17) is 0 Å². The van der Waals surface area contributed by atoms with E-state index >= 15 is 0 Å². The van der Waals surface area contributed by atoms with Gasteiger partial charge in [0.1, 0.15) is 8.96 Å². The molecule has 2 heteroatoms. The first-order valence-electron chi connectivity index (χ1n) is 3.86. The van der Waals surface area contributed by atoms with Crippen LogP contribution in [0, 0.1) is 0 Å². The van der Waals surface area contributed by atoms with Crippen LogP contribution in [-0.4, -0.2) is 15.0 Å². The van der Waals surface area contributed by atoms with Gasteiger partial charge in [-0.3, -0.25) is 0 Å². The second-order valence-corrected chi connectivity index (χ2v) is 5.41. The van der Waals surface area contributed by atoms with Crippen molar-refractivity contribution < 1.29 is 0 Å². The summed E-state index contributed by atoms with van der Waals surface area (Å²) in [6, 6.07) is 0.883. The predicted molar refractivity (Wildman–Crippen MR) is 42.9 cm³/mol. The smallest absolute Gasteiger partial charge is 0.127 e. The molecule has 1 rings (SSSR count). The highest BCUT2D eigenvalue weighted by molar-refractivity contribution is 6.52. The fourth-order valence-corrected chi connectivity index (χ4v) is 2.58. The first-order chi connectivity index (χ1) is 4.29. The Morgan fingerprint density at radius 3 is 2.22 bits per heavy atom. The van der Waals surface area contributed by atoms with Crippen LogP contribution in [0.5, 0.6) is 0 Å². The Labute approximate surface area is 59.5 Å². The average Bonchev–Trinajstić information content (AvgIpc) is 2.15. The van der Waals surface area contributed by atoms with E-state index in [0.717, 1.165) is 6.04 Å². The van der Waals surface area contributed by atoms with Crippen LogP contribution in [0.2, 0.25) is 13.1 Å². The van der Waals surface area contributed by atoms with Crippen LogP contribution in [0.3, 0.4) is 0 Å². The fraction of sp³-hybridized carbons (Fsp3) is 1.00. The molecule has 0 bridgehead atoms. The summed E-state index contributed by atoms with van der Waals surface area (Å²) in [5, 5.41) is 0. The second kappa shape index (κ2) is 3.37. The third-order valence-electron chi connectivity index (χ3n) is 1.85. The van der Waals surface area contributed by atoms with E-state index in [-0.39, 0.29) is 8.96 Å². The molecule has 1 nitrogen and oxygen atoms in total. The van der Waals surface area contributed by atoms with Crippen molar-refractivity contribution in [2.75, 3.05) is 0 Å². The van der Waals surface area contributed by atoms with Gasteiger partial charge < -0.3 is 4.98 Å². The summed E-state index contributed by atoms with van der Waals surface area (Å²) >= 11 is 0. The lowest BCUT2D eigenvalue weighted by Crippen LogP contribution is -2.35. The molecule has 0 aromatic heterocycles. The van der Waals surface area contributed by atoms with Crippen molar-refractivity contribution in [3.05, 3.63) is 0 Å². The zero-order chi connectivity index (χ0) is 6.69. The molecule has 1 aliphatic carbocycles. The van der Waals surface area contributed by atoms with Gasteiger partial charge >= 0.3 is 0 Å². The largest absolute Gasteiger partial charge is 0.336 e. The van der Waals surface area contributed by atoms with Gasteiger partial charge in [0.15, 0.2) is 0 Å². The summed E-state index contributed by atoms with van der Waals surface area (Å²) in [6.45, 7) is 4.64. The van der Waals surface area contributed by atoms with Gasteiger partial charge in [0.2, 0.25) is 0 Å². The molecule has 1 fully saturated rings. The van der Waals surface area contributed by atoms with Crippen LogP contribution in [0.1, 0.15) is 25.7 Å². The van der Waals surface area contributed by atoms with E-state index in [1.807, 2.05) is 0 Å². The van der Waals surface area contributed by atoms with E-state index < -0.39 is 0 Å². The molecule has 1 saturated carbocycles. The molecule has 1 aliphatic rings. The SMILES string of the molecule is C[Si](C)NC1CCCC1. The summed E-state index contributed by atoms with van der Waals surface area (Å²) in [6.07, 6.45) is 5.76. The normalized spacial score (nSPS) is 21.7. The van der Waals surface area contributed by atoms with Crippen molar-refractivity contribution in [2.45, 2.75) is 44.8 Å². The molecule has 0 saturated heterocycles. The minimum Gasteiger partial charge on any atom is -0.336 e. The van der Waals surface area contributed by atoms with Crippen LogP contribution in [0.25, 0.3) is 0 Å². The van der Waals surface area contributed by atoms with Crippen LogP contribution < -0.4 is 4.98 Å². The van der Waals surface area contributed by atoms with Crippen LogP contribution in [-0.2, 0) is 0 Å². The predicted octanol–water partition coefficient (Wildman–Crippen LogP) is 1.77. The maximum Gasteiger partial charge on any atom is 0.127 e. The molecule has 53 valence electrons. The molecule has 0 spiro atoms. The molecule has 0 atom stereocenters. The zero-order valence-corrected chi connectivity index (χ0v) is 7.41. The van der Waals surface area contributed by atoms with Gasteiger partial charge in [-0.15, -0.1) is 0 Å². The lowest BCUT2D eigenvalue weighted by atomic mass is 10.3. The fourth-order valence-electron chi connectivity index (χ4n) is 1.48. The first kappa shape index (κ1) is 7.29. The van der Waals surface area contributed by atoms with Crippen molar-refractivity contribution in [3.63, 3.8) is 0 Å². The van der Waals surface area contributed by atoms with E-state index in [9.17, 15) is 0 Å². The Morgan fingerprint density at radius 2 is 1.78 bits per heavy atom. The van der Waals surface area contributed by atoms with Crippen molar-refractivity contribution in [3.8, 4) is 0 Å². The molecule has 9 heavy (non-hydrogen) atoms. The third kappa shape index (κ3) is 2.50. The number of rotatable bonds is 2. The summed E-state index contributed by atoms with van der Waals surface area (Å²) in [5.41, 5.74) is 0. The lowest BCUT2D eigenvalue weighted by Gasteiger charge is -2.12. The topological polar surface area (TPSA) is 12.0 Å². The molecular formula is C7H16NSi. The molecule has 0 aromatic carbocycles. The van der Waals surface area contributed by atoms with Crippen molar-refractivity contribution in [1.82, 2.24) is 4.98 Å². The van der Waals surface area contributed by atoms with Crippen molar-refractivity contribution in [1.29, 1.82) is 0 Å². The Morgan fingerprint density at radius 1 is 1.22 bits per heavy atom. The van der Waals surface area contributed by atoms with Gasteiger partial charge in [-0.1, -0.05) is 25.9 Å². The summed E-state index contributed by atoms with van der Waals surface area (Å²) in [7, 11) is -0.168. The molecule has 0 aliphatic heterocycles. The Kier molecular flexibility index (Phi) is 2.73. The van der Waals surface area contributed by atoms with E-state index in [1.165, 1.54) is 25.7 Å². The Hall–Kier alpha value is 0.177. The standard InChI is InChI=1S/C7H16NSi/c1-9(2)8-7-5-3-4-6-7/h7-8H,3-6H2,1-2H3. The highest BCUT2D eigenvalue weighted by Gasteiger charge is 2.14. The summed E-state index contributed by atoms with van der Waals surface area (Å²) in [4.78, 5) is 3.64. The number of nitrogens with one attached hydrogen (secondary N) is 1. The third-order valence-corrected chi connectivity index (χ3v) is 2.83. The van der Waals surface area contributed by atoms with E-state index in [1.54, 1.807) is 0 Å². The minimum absolute atomic E-state index is 0.168. The van der Waals surface area contributed by atoms with E-state index in [2.05, 4.69) is 18.1 Å². The summed E-state index contributed by atoms with van der Waals surface area (Å²) < 4.78 is 0. The van der Waals surface area contributed by atoms with Crippen LogP contribution >= 0.6 is 0 Å². The molecule has 0 unspecified atom stereocenters. The van der Waals surface area contributed by atoms with E-state index in [0.29, 0.717) is 0 Å². The zero-order valence-electron chi connectivity index (χ0n) is 6.41. The maximum absolute atomic E-state index is 3.64. The minimum atomic E-state index is -0.168. The van der Waals surface area contributed by atoms with Crippen LogP contribution in [0.4, 0.5) is 0 Å². The summed E-state index contributed by atoms with van der Waals surface area (Å²) in [5.74, 6) is 0. The number of hydrogen-bond acceptors (Lipinski definition) is 1. The first-order valence-corrected chi connectivity index (χ1v) is 6.36. The molecular weight excluding hydrogens is 126 g/mol. The van der Waals surface area contributed by atoms with Crippen molar-refractivity contribution >= 4 is 8.96 Å². The highest BCUT2D eigenvalue weighted by Crippen LogP contribution is 2.17. The Bertz CT molecular complexity index is 77.0. The van der Waals surface area contributed by atoms with Gasteiger partial charge in [-0.25, -0.2) is 0 Å². The van der Waals surface area contributed by atoms with Crippen molar-refractivity contribution in [2.24, 2.45) is 0 Å². The van der Waals surface area contributed by atoms with Gasteiger partial charge in [-0.05, 0) is 12.8 Å². The quantitative estimate of drug-likeness (QED) is 0.579. The molecule has 0 aromatic rings. The molecule has 1 radical (unpaired) electrons. The molecule has 1 N–H and O–H groups in total. The molecule has 0 amide bonds. The number of hydrogen-bond donors (Lipinski definition) is 1. The van der Waals surface area contributed by atoms with Gasteiger partial charge in [-0.2, -0.15) is 0 Å². The van der Waals surface area contributed by atoms with Gasteiger partial charge in [0, 0.05) is 6.04 Å². The lowest BCUT2D eigenvalue weighted by molar-refractivity contribution is 0.639. The van der Waals surface area contributed by atoms with Gasteiger partial charge in [0.05, 0.1) is 0 Å².